The summed E-state index contributed by atoms with van der Waals surface area (Å²) in [5, 5.41) is 17.7. The van der Waals surface area contributed by atoms with E-state index in [0.29, 0.717) is 11.0 Å². The van der Waals surface area contributed by atoms with Gasteiger partial charge in [0.15, 0.2) is 11.0 Å². The van der Waals surface area contributed by atoms with E-state index in [-0.39, 0.29) is 18.0 Å². The van der Waals surface area contributed by atoms with Crippen molar-refractivity contribution < 1.29 is 14.6 Å². The molecule has 0 radical (unpaired) electrons. The molecule has 0 fully saturated rings. The van der Waals surface area contributed by atoms with Gasteiger partial charge in [0, 0.05) is 5.69 Å². The Morgan fingerprint density at radius 3 is 2.55 bits per heavy atom. The normalized spacial score (nSPS) is 12.5. The highest BCUT2D eigenvalue weighted by atomic mass is 32.2. The summed E-state index contributed by atoms with van der Waals surface area (Å²) in [5.41, 5.74) is 0.884. The van der Waals surface area contributed by atoms with Crippen LogP contribution in [0.3, 0.4) is 0 Å². The van der Waals surface area contributed by atoms with Gasteiger partial charge in [-0.05, 0) is 32.9 Å². The number of hydrogen-bond donors (Lipinski definition) is 1. The summed E-state index contributed by atoms with van der Waals surface area (Å²) < 4.78 is 7.64. The van der Waals surface area contributed by atoms with Gasteiger partial charge in [0.05, 0.1) is 11.9 Å². The van der Waals surface area contributed by atoms with Crippen molar-refractivity contribution in [1.82, 2.24) is 14.8 Å². The van der Waals surface area contributed by atoms with Crippen molar-refractivity contribution >= 4 is 17.7 Å². The van der Waals surface area contributed by atoms with Crippen LogP contribution in [0.5, 0.6) is 0 Å². The third-order valence-electron chi connectivity index (χ3n) is 2.84. The van der Waals surface area contributed by atoms with Crippen LogP contribution in [0.2, 0.25) is 0 Å². The molecular weight excluding hydrogens is 302 g/mol. The van der Waals surface area contributed by atoms with Gasteiger partial charge in [-0.2, -0.15) is 0 Å². The molecule has 22 heavy (non-hydrogen) atoms. The number of aromatic nitrogens is 3. The summed E-state index contributed by atoms with van der Waals surface area (Å²) >= 11 is 1.14. The van der Waals surface area contributed by atoms with E-state index in [9.17, 15) is 4.79 Å². The molecule has 0 aliphatic carbocycles. The Morgan fingerprint density at radius 2 is 1.95 bits per heavy atom. The van der Waals surface area contributed by atoms with Crippen LogP contribution in [-0.4, -0.2) is 37.7 Å². The summed E-state index contributed by atoms with van der Waals surface area (Å²) in [4.78, 5) is 10.8. The molecule has 2 aromatic rings. The van der Waals surface area contributed by atoms with Gasteiger partial charge in [-0.3, -0.25) is 9.36 Å². The molecule has 7 heteroatoms. The van der Waals surface area contributed by atoms with Crippen LogP contribution < -0.4 is 0 Å². The van der Waals surface area contributed by atoms with Gasteiger partial charge in [0.2, 0.25) is 0 Å². The molecule has 0 aliphatic heterocycles. The van der Waals surface area contributed by atoms with Gasteiger partial charge in [0.25, 0.3) is 0 Å². The Hall–Kier alpha value is -1.86. The van der Waals surface area contributed by atoms with Gasteiger partial charge < -0.3 is 9.84 Å². The number of ether oxygens (including phenoxy) is 1. The standard InChI is InChI=1S/C15H19N3O3S/c1-10(2)21-11(3)14-16-17-15(22-9-13(19)20)18(14)12-7-5-4-6-8-12/h4-8,10-11H,9H2,1-3H3,(H,19,20). The fourth-order valence-corrected chi connectivity index (χ4v) is 2.73. The minimum absolute atomic E-state index is 0.0612. The zero-order chi connectivity index (χ0) is 16.1. The van der Waals surface area contributed by atoms with Gasteiger partial charge in [-0.25, -0.2) is 0 Å². The van der Waals surface area contributed by atoms with Crippen molar-refractivity contribution in [1.29, 1.82) is 0 Å². The lowest BCUT2D eigenvalue weighted by Crippen LogP contribution is -2.13. The Labute approximate surface area is 133 Å². The lowest BCUT2D eigenvalue weighted by Gasteiger charge is -2.17. The number of carboxylic acid groups (broad SMARTS) is 1. The number of thioether (sulfide) groups is 1. The first-order chi connectivity index (χ1) is 10.5. The average Bonchev–Trinajstić information content (AvgIpc) is 2.89. The lowest BCUT2D eigenvalue weighted by molar-refractivity contribution is -0.133. The van der Waals surface area contributed by atoms with Crippen LogP contribution in [0, 0.1) is 0 Å². The predicted molar refractivity (Wildman–Crippen MR) is 84.4 cm³/mol. The summed E-state index contributed by atoms with van der Waals surface area (Å²) in [6, 6.07) is 9.61. The van der Waals surface area contributed by atoms with Crippen LogP contribution in [0.15, 0.2) is 35.5 Å². The number of rotatable bonds is 7. The largest absolute Gasteiger partial charge is 0.481 e. The summed E-state index contributed by atoms with van der Waals surface area (Å²) in [6.45, 7) is 5.83. The molecule has 0 spiro atoms. The van der Waals surface area contributed by atoms with Crippen molar-refractivity contribution in [2.24, 2.45) is 0 Å². The van der Waals surface area contributed by atoms with Gasteiger partial charge in [-0.15, -0.1) is 10.2 Å². The number of carboxylic acids is 1. The number of hydrogen-bond acceptors (Lipinski definition) is 5. The third-order valence-corrected chi connectivity index (χ3v) is 3.75. The summed E-state index contributed by atoms with van der Waals surface area (Å²) in [7, 11) is 0. The molecule has 1 N–H and O–H groups in total. The maximum absolute atomic E-state index is 10.8. The first kappa shape index (κ1) is 16.5. The Balaban J connectivity index is 2.39. The smallest absolute Gasteiger partial charge is 0.313 e. The summed E-state index contributed by atoms with van der Waals surface area (Å²) in [5.74, 6) is -0.293. The SMILES string of the molecule is CC(C)OC(C)c1nnc(SCC(=O)O)n1-c1ccccc1. The van der Waals surface area contributed by atoms with Crippen molar-refractivity contribution in [2.45, 2.75) is 38.1 Å². The first-order valence-corrected chi connectivity index (χ1v) is 7.98. The van der Waals surface area contributed by atoms with E-state index < -0.39 is 5.97 Å². The fraction of sp³-hybridized carbons (Fsp3) is 0.400. The van der Waals surface area contributed by atoms with Crippen LogP contribution in [-0.2, 0) is 9.53 Å². The van der Waals surface area contributed by atoms with Crippen LogP contribution >= 0.6 is 11.8 Å². The second-order valence-electron chi connectivity index (χ2n) is 5.02. The summed E-state index contributed by atoms with van der Waals surface area (Å²) in [6.07, 6.45) is -0.182. The number of benzene rings is 1. The number of carbonyl (C=O) groups is 1. The molecule has 1 aromatic carbocycles. The Bertz CT molecular complexity index is 628. The molecule has 118 valence electrons. The third kappa shape index (κ3) is 4.08. The lowest BCUT2D eigenvalue weighted by atomic mass is 10.3. The van der Waals surface area contributed by atoms with E-state index in [1.165, 1.54) is 0 Å². The van der Waals surface area contributed by atoms with Crippen molar-refractivity contribution in [3.8, 4) is 5.69 Å². The Morgan fingerprint density at radius 1 is 1.27 bits per heavy atom. The molecule has 0 aliphatic rings. The highest BCUT2D eigenvalue weighted by Crippen LogP contribution is 2.26. The van der Waals surface area contributed by atoms with E-state index in [1.807, 2.05) is 55.7 Å². The van der Waals surface area contributed by atoms with Crippen LogP contribution in [0.25, 0.3) is 5.69 Å². The van der Waals surface area contributed by atoms with E-state index in [0.717, 1.165) is 17.4 Å². The molecule has 0 amide bonds. The van der Waals surface area contributed by atoms with Gasteiger partial charge in [0.1, 0.15) is 6.10 Å². The van der Waals surface area contributed by atoms with Gasteiger partial charge in [-0.1, -0.05) is 30.0 Å². The molecule has 0 saturated carbocycles. The first-order valence-electron chi connectivity index (χ1n) is 6.99. The Kier molecular flexibility index (Phi) is 5.57. The zero-order valence-electron chi connectivity index (χ0n) is 12.8. The quantitative estimate of drug-likeness (QED) is 0.790. The van der Waals surface area contributed by atoms with Crippen molar-refractivity contribution in [2.75, 3.05) is 5.75 Å². The second kappa shape index (κ2) is 7.42. The molecule has 1 atom stereocenters. The topological polar surface area (TPSA) is 77.2 Å². The molecule has 0 saturated heterocycles. The average molecular weight is 321 g/mol. The highest BCUT2D eigenvalue weighted by molar-refractivity contribution is 7.99. The highest BCUT2D eigenvalue weighted by Gasteiger charge is 2.21. The zero-order valence-corrected chi connectivity index (χ0v) is 13.6. The molecule has 6 nitrogen and oxygen atoms in total. The van der Waals surface area contributed by atoms with Crippen molar-refractivity contribution in [3.63, 3.8) is 0 Å². The molecule has 2 rings (SSSR count). The van der Waals surface area contributed by atoms with E-state index in [4.69, 9.17) is 9.84 Å². The van der Waals surface area contributed by atoms with E-state index >= 15 is 0 Å². The molecule has 1 unspecified atom stereocenters. The fourth-order valence-electron chi connectivity index (χ4n) is 2.05. The molecular formula is C15H19N3O3S. The number of aliphatic carboxylic acids is 1. The second-order valence-corrected chi connectivity index (χ2v) is 5.96. The minimum atomic E-state index is -0.888. The molecule has 1 aromatic heterocycles. The van der Waals surface area contributed by atoms with Crippen molar-refractivity contribution in [3.05, 3.63) is 36.2 Å². The van der Waals surface area contributed by atoms with Crippen LogP contribution in [0.1, 0.15) is 32.7 Å². The maximum Gasteiger partial charge on any atom is 0.313 e. The van der Waals surface area contributed by atoms with E-state index in [2.05, 4.69) is 10.2 Å². The van der Waals surface area contributed by atoms with Crippen LogP contribution in [0.4, 0.5) is 0 Å². The number of nitrogens with zero attached hydrogens (tertiary/aromatic N) is 3. The monoisotopic (exact) mass is 321 g/mol. The predicted octanol–water partition coefficient (Wildman–Crippen LogP) is 2.93. The number of para-hydroxylation sites is 1. The molecule has 1 heterocycles. The minimum Gasteiger partial charge on any atom is -0.481 e. The van der Waals surface area contributed by atoms with E-state index in [1.54, 1.807) is 0 Å². The maximum atomic E-state index is 10.8. The van der Waals surface area contributed by atoms with Gasteiger partial charge >= 0.3 is 5.97 Å². The molecule has 0 bridgehead atoms.